The lowest BCUT2D eigenvalue weighted by Crippen LogP contribution is -2.43. The molecule has 122 valence electrons. The number of nitrogens with zero attached hydrogens (tertiary/aromatic N) is 4. The molecule has 0 bridgehead atoms. The Kier molecular flexibility index (Phi) is 5.37. The number of carbonyl (C=O) groups excluding carboxylic acids is 1. The lowest BCUT2D eigenvalue weighted by molar-refractivity contribution is -0.134. The molecular formula is C16H26N4O2. The number of amides is 1. The monoisotopic (exact) mass is 306 g/mol. The lowest BCUT2D eigenvalue weighted by atomic mass is 10.0. The van der Waals surface area contributed by atoms with Gasteiger partial charge >= 0.3 is 0 Å². The Bertz CT molecular complexity index is 563. The second kappa shape index (κ2) is 7.07. The zero-order valence-electron chi connectivity index (χ0n) is 14.2. The molecule has 1 aliphatic heterocycles. The Labute approximate surface area is 132 Å². The van der Waals surface area contributed by atoms with Crippen LogP contribution in [0.1, 0.15) is 23.0 Å². The Balaban J connectivity index is 2.21. The molecule has 0 N–H and O–H groups in total. The number of carbonyl (C=O) groups is 1. The van der Waals surface area contributed by atoms with Crippen LogP contribution in [0.25, 0.3) is 0 Å². The average molecular weight is 306 g/mol. The Morgan fingerprint density at radius 1 is 1.45 bits per heavy atom. The van der Waals surface area contributed by atoms with Gasteiger partial charge in [0, 0.05) is 37.5 Å². The van der Waals surface area contributed by atoms with E-state index in [-0.39, 0.29) is 11.9 Å². The van der Waals surface area contributed by atoms with Crippen molar-refractivity contribution in [3.8, 4) is 0 Å². The van der Waals surface area contributed by atoms with Crippen LogP contribution in [0.3, 0.4) is 0 Å². The van der Waals surface area contributed by atoms with E-state index >= 15 is 0 Å². The van der Waals surface area contributed by atoms with Crippen LogP contribution in [-0.2, 0) is 16.6 Å². The van der Waals surface area contributed by atoms with Crippen LogP contribution in [0.2, 0.25) is 0 Å². The van der Waals surface area contributed by atoms with Crippen molar-refractivity contribution >= 4 is 5.91 Å². The molecule has 0 saturated carbocycles. The van der Waals surface area contributed by atoms with Crippen LogP contribution >= 0.6 is 0 Å². The van der Waals surface area contributed by atoms with E-state index in [1.165, 1.54) is 0 Å². The normalized spacial score (nSPS) is 19.4. The van der Waals surface area contributed by atoms with E-state index in [4.69, 9.17) is 4.74 Å². The second-order valence-corrected chi connectivity index (χ2v) is 6.00. The second-order valence-electron chi connectivity index (χ2n) is 6.00. The topological polar surface area (TPSA) is 50.6 Å². The standard InChI is InChI=1S/C16H26N4O2/c1-12-16(13(2)19(5)17-12)14-11-22-10-9-20(14)15(21)7-6-8-18(3)4/h6-7,14H,8-11H2,1-5H3/b7-6+. The summed E-state index contributed by atoms with van der Waals surface area (Å²) in [7, 11) is 5.89. The van der Waals surface area contributed by atoms with Gasteiger partial charge in [-0.3, -0.25) is 9.48 Å². The van der Waals surface area contributed by atoms with Gasteiger partial charge in [-0.15, -0.1) is 0 Å². The van der Waals surface area contributed by atoms with Gasteiger partial charge in [0.15, 0.2) is 0 Å². The molecule has 1 aromatic heterocycles. The molecule has 1 saturated heterocycles. The third-order valence-electron chi connectivity index (χ3n) is 4.04. The van der Waals surface area contributed by atoms with Gasteiger partial charge in [0.2, 0.25) is 5.91 Å². The molecule has 22 heavy (non-hydrogen) atoms. The number of hydrogen-bond acceptors (Lipinski definition) is 4. The molecule has 1 amide bonds. The molecule has 1 aliphatic rings. The number of likely N-dealkylation sites (N-methyl/N-ethyl adjacent to an activating group) is 1. The molecule has 0 aromatic carbocycles. The van der Waals surface area contributed by atoms with E-state index in [1.54, 1.807) is 6.08 Å². The number of ether oxygens (including phenoxy) is 1. The van der Waals surface area contributed by atoms with Crippen LogP contribution in [0.4, 0.5) is 0 Å². The summed E-state index contributed by atoms with van der Waals surface area (Å²) in [6.45, 7) is 6.51. The van der Waals surface area contributed by atoms with Gasteiger partial charge < -0.3 is 14.5 Å². The highest BCUT2D eigenvalue weighted by molar-refractivity contribution is 5.88. The Morgan fingerprint density at radius 3 is 2.77 bits per heavy atom. The molecule has 6 heteroatoms. The highest BCUT2D eigenvalue weighted by Crippen LogP contribution is 2.29. The van der Waals surface area contributed by atoms with Crippen LogP contribution in [-0.4, -0.2) is 65.9 Å². The molecule has 1 aromatic rings. The van der Waals surface area contributed by atoms with Crippen molar-refractivity contribution in [2.24, 2.45) is 7.05 Å². The maximum absolute atomic E-state index is 12.5. The zero-order valence-corrected chi connectivity index (χ0v) is 14.2. The van der Waals surface area contributed by atoms with Crippen LogP contribution in [0.15, 0.2) is 12.2 Å². The molecule has 0 radical (unpaired) electrons. The first-order valence-corrected chi connectivity index (χ1v) is 7.61. The predicted molar refractivity (Wildman–Crippen MR) is 85.6 cm³/mol. The van der Waals surface area contributed by atoms with Crippen molar-refractivity contribution in [3.05, 3.63) is 29.1 Å². The maximum atomic E-state index is 12.5. The third kappa shape index (κ3) is 3.56. The van der Waals surface area contributed by atoms with Crippen molar-refractivity contribution in [2.75, 3.05) is 40.4 Å². The summed E-state index contributed by atoms with van der Waals surface area (Å²) in [6.07, 6.45) is 3.57. The van der Waals surface area contributed by atoms with Crippen molar-refractivity contribution in [2.45, 2.75) is 19.9 Å². The average Bonchev–Trinajstić information content (AvgIpc) is 2.71. The van der Waals surface area contributed by atoms with Gasteiger partial charge in [-0.25, -0.2) is 0 Å². The van der Waals surface area contributed by atoms with Crippen molar-refractivity contribution in [1.29, 1.82) is 0 Å². The summed E-state index contributed by atoms with van der Waals surface area (Å²) < 4.78 is 7.48. The fourth-order valence-electron chi connectivity index (χ4n) is 2.84. The zero-order chi connectivity index (χ0) is 16.3. The summed E-state index contributed by atoms with van der Waals surface area (Å²) in [5.41, 5.74) is 3.16. The summed E-state index contributed by atoms with van der Waals surface area (Å²) in [4.78, 5) is 16.4. The molecule has 1 unspecified atom stereocenters. The van der Waals surface area contributed by atoms with Crippen LogP contribution in [0, 0.1) is 13.8 Å². The molecule has 6 nitrogen and oxygen atoms in total. The molecule has 2 heterocycles. The predicted octanol–water partition coefficient (Wildman–Crippen LogP) is 1.05. The van der Waals surface area contributed by atoms with Gasteiger partial charge in [-0.05, 0) is 27.9 Å². The van der Waals surface area contributed by atoms with Crippen LogP contribution < -0.4 is 0 Å². The third-order valence-corrected chi connectivity index (χ3v) is 4.04. The maximum Gasteiger partial charge on any atom is 0.246 e. The van der Waals surface area contributed by atoms with E-state index in [1.807, 2.05) is 55.5 Å². The number of aromatic nitrogens is 2. The molecule has 2 rings (SSSR count). The SMILES string of the molecule is Cc1nn(C)c(C)c1C1COCCN1C(=O)/C=C/CN(C)C. The molecule has 1 atom stereocenters. The van der Waals surface area contributed by atoms with E-state index in [2.05, 4.69) is 5.10 Å². The minimum atomic E-state index is -0.0565. The van der Waals surface area contributed by atoms with Crippen molar-refractivity contribution in [3.63, 3.8) is 0 Å². The quantitative estimate of drug-likeness (QED) is 0.781. The lowest BCUT2D eigenvalue weighted by Gasteiger charge is -2.35. The van der Waals surface area contributed by atoms with Gasteiger partial charge in [-0.2, -0.15) is 5.10 Å². The van der Waals surface area contributed by atoms with Gasteiger partial charge in [0.1, 0.15) is 0 Å². The summed E-state index contributed by atoms with van der Waals surface area (Å²) in [5.74, 6) is 0.0396. The summed E-state index contributed by atoms with van der Waals surface area (Å²) in [5, 5.41) is 4.46. The van der Waals surface area contributed by atoms with Gasteiger partial charge in [0.25, 0.3) is 0 Å². The first-order chi connectivity index (χ1) is 10.4. The number of morpholine rings is 1. The van der Waals surface area contributed by atoms with E-state index in [0.29, 0.717) is 19.8 Å². The Morgan fingerprint density at radius 2 is 2.18 bits per heavy atom. The molecule has 0 spiro atoms. The van der Waals surface area contributed by atoms with Crippen molar-refractivity contribution < 1.29 is 9.53 Å². The Hall–Kier alpha value is -1.66. The number of hydrogen-bond donors (Lipinski definition) is 0. The first-order valence-electron chi connectivity index (χ1n) is 7.61. The van der Waals surface area contributed by atoms with E-state index in [0.717, 1.165) is 23.5 Å². The van der Waals surface area contributed by atoms with Gasteiger partial charge in [-0.1, -0.05) is 6.08 Å². The van der Waals surface area contributed by atoms with E-state index in [9.17, 15) is 4.79 Å². The molecule has 1 fully saturated rings. The highest BCUT2D eigenvalue weighted by Gasteiger charge is 2.31. The number of rotatable bonds is 4. The summed E-state index contributed by atoms with van der Waals surface area (Å²) in [6, 6.07) is -0.0565. The fourth-order valence-corrected chi connectivity index (χ4v) is 2.84. The van der Waals surface area contributed by atoms with Gasteiger partial charge in [0.05, 0.1) is 24.9 Å². The molecule has 0 aliphatic carbocycles. The largest absolute Gasteiger partial charge is 0.377 e. The van der Waals surface area contributed by atoms with Crippen molar-refractivity contribution in [1.82, 2.24) is 19.6 Å². The van der Waals surface area contributed by atoms with Crippen LogP contribution in [0.5, 0.6) is 0 Å². The molecular weight excluding hydrogens is 280 g/mol. The first kappa shape index (κ1) is 16.7. The minimum Gasteiger partial charge on any atom is -0.377 e. The minimum absolute atomic E-state index is 0.0396. The smallest absolute Gasteiger partial charge is 0.246 e. The fraction of sp³-hybridized carbons (Fsp3) is 0.625. The summed E-state index contributed by atoms with van der Waals surface area (Å²) >= 11 is 0. The number of aryl methyl sites for hydroxylation is 2. The highest BCUT2D eigenvalue weighted by atomic mass is 16.5. The van der Waals surface area contributed by atoms with E-state index < -0.39 is 0 Å².